The van der Waals surface area contributed by atoms with Gasteiger partial charge in [0, 0.05) is 84.6 Å². The summed E-state index contributed by atoms with van der Waals surface area (Å²) in [5.74, 6) is -1.30. The first-order valence-corrected chi connectivity index (χ1v) is 21.2. The Bertz CT molecular complexity index is 2200. The van der Waals surface area contributed by atoms with Crippen molar-refractivity contribution in [3.05, 3.63) is 58.2 Å². The molecule has 3 saturated heterocycles. The first kappa shape index (κ1) is 39.2. The molecule has 4 aliphatic rings. The van der Waals surface area contributed by atoms with E-state index in [-0.39, 0.29) is 42.9 Å². The summed E-state index contributed by atoms with van der Waals surface area (Å²) in [6.45, 7) is 10.0. The molecule has 0 spiro atoms. The highest BCUT2D eigenvalue weighted by Crippen LogP contribution is 2.42. The number of esters is 1. The second-order valence-corrected chi connectivity index (χ2v) is 17.7. The number of nitrogens with one attached hydrogen (secondary N) is 2. The number of amides is 3. The molecule has 0 unspecified atom stereocenters. The van der Waals surface area contributed by atoms with Gasteiger partial charge in [0.2, 0.25) is 11.8 Å². The van der Waals surface area contributed by atoms with Crippen molar-refractivity contribution in [3.63, 3.8) is 0 Å². The number of hydrogen-bond donors (Lipinski definition) is 2. The molecule has 3 aromatic heterocycles. The first-order valence-electron chi connectivity index (χ1n) is 20.4. The van der Waals surface area contributed by atoms with Gasteiger partial charge in [0.15, 0.2) is 0 Å². The molecule has 7 heterocycles. The Kier molecular flexibility index (Phi) is 11.0. The molecule has 3 amide bonds. The summed E-state index contributed by atoms with van der Waals surface area (Å²) in [5.41, 5.74) is 9.53. The Hall–Kier alpha value is -4.66. The van der Waals surface area contributed by atoms with E-state index in [4.69, 9.17) is 19.4 Å². The van der Waals surface area contributed by atoms with Crippen LogP contribution in [0.2, 0.25) is 0 Å². The molecule has 302 valence electrons. The van der Waals surface area contributed by atoms with Crippen LogP contribution in [0.3, 0.4) is 0 Å². The lowest BCUT2D eigenvalue weighted by atomic mass is 9.84. The van der Waals surface area contributed by atoms with Crippen LogP contribution in [-0.4, -0.2) is 93.1 Å². The number of rotatable bonds is 6. The van der Waals surface area contributed by atoms with Gasteiger partial charge in [-0.25, -0.2) is 10.4 Å². The largest absolute Gasteiger partial charge is 0.464 e. The summed E-state index contributed by atoms with van der Waals surface area (Å²) in [6.07, 6.45) is 6.26. The number of carbonyl (C=O) groups excluding carboxylic acids is 4. The highest BCUT2D eigenvalue weighted by Gasteiger charge is 2.41. The third-order valence-corrected chi connectivity index (χ3v) is 13.1. The Labute approximate surface area is 337 Å². The number of carbonyl (C=O) groups is 4. The molecule has 3 fully saturated rings. The summed E-state index contributed by atoms with van der Waals surface area (Å²) in [6, 6.07) is 9.05. The maximum absolute atomic E-state index is 14.3. The minimum atomic E-state index is -0.929. The Morgan fingerprint density at radius 1 is 1.16 bits per heavy atom. The topological polar surface area (TPSA) is 148 Å². The molecule has 4 aliphatic heterocycles. The number of thiazole rings is 1. The van der Waals surface area contributed by atoms with Crippen LogP contribution in [-0.2, 0) is 48.0 Å². The monoisotopic (exact) mass is 795 g/mol. The average Bonchev–Trinajstić information content (AvgIpc) is 3.93. The lowest BCUT2D eigenvalue weighted by molar-refractivity contribution is -0.155. The van der Waals surface area contributed by atoms with Gasteiger partial charge in [-0.2, -0.15) is 0 Å². The van der Waals surface area contributed by atoms with Gasteiger partial charge in [-0.05, 0) is 82.2 Å². The van der Waals surface area contributed by atoms with Crippen molar-refractivity contribution in [1.29, 1.82) is 0 Å². The summed E-state index contributed by atoms with van der Waals surface area (Å²) >= 11 is 1.46. The number of hydrazine groups is 1. The van der Waals surface area contributed by atoms with Crippen molar-refractivity contribution < 1.29 is 28.7 Å². The van der Waals surface area contributed by atoms with Crippen LogP contribution in [0.15, 0.2) is 41.9 Å². The quantitative estimate of drug-likeness (QED) is 0.238. The van der Waals surface area contributed by atoms with Gasteiger partial charge < -0.3 is 24.3 Å². The Morgan fingerprint density at radius 3 is 2.81 bits per heavy atom. The van der Waals surface area contributed by atoms with E-state index in [0.29, 0.717) is 50.2 Å². The van der Waals surface area contributed by atoms with Crippen molar-refractivity contribution in [2.75, 3.05) is 26.8 Å². The van der Waals surface area contributed by atoms with E-state index >= 15 is 0 Å². The fourth-order valence-corrected chi connectivity index (χ4v) is 9.98. The van der Waals surface area contributed by atoms with Gasteiger partial charge >= 0.3 is 5.97 Å². The number of ether oxygens (including phenoxy) is 2. The zero-order chi connectivity index (χ0) is 40.0. The molecule has 0 saturated carbocycles. The zero-order valence-corrected chi connectivity index (χ0v) is 34.3. The fraction of sp³-hybridized carbons (Fsp3) is 0.535. The van der Waals surface area contributed by atoms with Crippen molar-refractivity contribution in [2.45, 2.75) is 110 Å². The predicted octanol–water partition coefficient (Wildman–Crippen LogP) is 5.60. The Morgan fingerprint density at radius 2 is 2.00 bits per heavy atom. The molecule has 57 heavy (non-hydrogen) atoms. The average molecular weight is 796 g/mol. The van der Waals surface area contributed by atoms with Crippen LogP contribution in [0.5, 0.6) is 0 Å². The number of pyridine rings is 1. The number of cyclic esters (lactones) is 1. The van der Waals surface area contributed by atoms with E-state index in [2.05, 4.69) is 60.3 Å². The van der Waals surface area contributed by atoms with E-state index in [9.17, 15) is 19.2 Å². The fourth-order valence-electron chi connectivity index (χ4n) is 9.13. The zero-order valence-electron chi connectivity index (χ0n) is 33.5. The Balaban J connectivity index is 1.19. The third-order valence-electron chi connectivity index (χ3n) is 12.2. The minimum absolute atomic E-state index is 0.0919. The highest BCUT2D eigenvalue weighted by atomic mass is 32.1. The molecule has 4 aromatic rings. The van der Waals surface area contributed by atoms with Crippen LogP contribution in [0.4, 0.5) is 0 Å². The van der Waals surface area contributed by atoms with Crippen LogP contribution < -0.4 is 10.7 Å². The summed E-state index contributed by atoms with van der Waals surface area (Å²) in [5, 5.41) is 8.33. The molecule has 0 radical (unpaired) electrons. The van der Waals surface area contributed by atoms with E-state index in [0.717, 1.165) is 64.1 Å². The van der Waals surface area contributed by atoms with Gasteiger partial charge in [0.05, 0.1) is 40.7 Å². The molecule has 6 bridgehead atoms. The maximum Gasteiger partial charge on any atom is 0.324 e. The third kappa shape index (κ3) is 7.71. The van der Waals surface area contributed by atoms with Crippen molar-refractivity contribution in [1.82, 2.24) is 35.2 Å². The van der Waals surface area contributed by atoms with Crippen molar-refractivity contribution in [3.8, 4) is 22.5 Å². The molecular formula is C43H53N7O6S. The SMILES string of the molecule is CCn1c(-c2cccnc2[C@H](C)OC)c2c3cc(ccc31)-c1csc(n1)C[C@H](NC(=O)[C@H]1CC[C@@H]3CCC(=O)N3C1)C(=O)N1CCC[C@H](N1)C(=O)OCC(C)(C)C2. The summed E-state index contributed by atoms with van der Waals surface area (Å²) < 4.78 is 14.2. The first-order chi connectivity index (χ1) is 27.4. The van der Waals surface area contributed by atoms with Gasteiger partial charge in [0.1, 0.15) is 12.1 Å². The second kappa shape index (κ2) is 15.9. The number of aryl methyl sites for hydroxylation is 1. The molecule has 13 nitrogen and oxygen atoms in total. The number of piperidine rings is 1. The second-order valence-electron chi connectivity index (χ2n) is 16.8. The van der Waals surface area contributed by atoms with Crippen molar-refractivity contribution in [2.24, 2.45) is 11.3 Å². The maximum atomic E-state index is 14.3. The predicted molar refractivity (Wildman–Crippen MR) is 217 cm³/mol. The van der Waals surface area contributed by atoms with E-state index in [1.807, 2.05) is 23.3 Å². The number of fused-ring (bicyclic) bond motifs is 7. The standard InChI is InChI=1S/C43H53N7O6S/c1-6-48-35-15-12-26-19-30(35)31(39(48)29-9-7-17-44-38(29)25(2)55-5)21-43(3,4)24-56-42(54)32-10-8-18-50(47-32)41(53)33(20-36-45-34(26)23-57-36)46-40(52)27-11-13-28-14-16-37(51)49(28)22-27/h7,9,12,15,17,19,23,25,27-28,32-33,47H,6,8,10-11,13-14,16,18,20-22,24H2,1-5H3,(H,46,52)/t25-,27-,28+,32-,33-/m0/s1. The molecule has 5 atom stereocenters. The normalized spacial score (nSPS) is 24.5. The van der Waals surface area contributed by atoms with Crippen LogP contribution in [0, 0.1) is 11.3 Å². The number of aromatic nitrogens is 3. The van der Waals surface area contributed by atoms with Gasteiger partial charge in [0.25, 0.3) is 5.91 Å². The van der Waals surface area contributed by atoms with Gasteiger partial charge in [-0.15, -0.1) is 11.3 Å². The van der Waals surface area contributed by atoms with Crippen LogP contribution in [0.1, 0.15) is 88.6 Å². The minimum Gasteiger partial charge on any atom is -0.464 e. The molecule has 1 aromatic carbocycles. The molecular weight excluding hydrogens is 743 g/mol. The number of hydrogen-bond acceptors (Lipinski definition) is 10. The number of nitrogens with zero attached hydrogens (tertiary/aromatic N) is 5. The van der Waals surface area contributed by atoms with E-state index in [1.165, 1.54) is 16.3 Å². The lowest BCUT2D eigenvalue weighted by Gasteiger charge is -2.37. The van der Waals surface area contributed by atoms with Gasteiger partial charge in [-0.3, -0.25) is 29.2 Å². The molecule has 0 aliphatic carbocycles. The van der Waals surface area contributed by atoms with E-state index < -0.39 is 29.4 Å². The smallest absolute Gasteiger partial charge is 0.324 e. The van der Waals surface area contributed by atoms with Crippen LogP contribution in [0.25, 0.3) is 33.4 Å². The van der Waals surface area contributed by atoms with E-state index in [1.54, 1.807) is 13.3 Å². The van der Waals surface area contributed by atoms with Gasteiger partial charge in [-0.1, -0.05) is 19.9 Å². The summed E-state index contributed by atoms with van der Waals surface area (Å²) in [7, 11) is 1.69. The molecule has 2 N–H and O–H groups in total. The summed E-state index contributed by atoms with van der Waals surface area (Å²) in [4.78, 5) is 66.2. The highest BCUT2D eigenvalue weighted by molar-refractivity contribution is 7.10. The number of methoxy groups -OCH3 is 1. The molecule has 8 rings (SSSR count). The van der Waals surface area contributed by atoms with Crippen molar-refractivity contribution >= 4 is 45.9 Å². The number of benzene rings is 1. The molecule has 14 heteroatoms. The van der Waals surface area contributed by atoms with Crippen LogP contribution >= 0.6 is 11.3 Å². The lowest BCUT2D eigenvalue weighted by Crippen LogP contribution is -2.61.